The lowest BCUT2D eigenvalue weighted by molar-refractivity contribution is -0.274. The molecule has 2 aromatic rings. The molecule has 1 atom stereocenters. The van der Waals surface area contributed by atoms with Gasteiger partial charge in [-0.3, -0.25) is 19.3 Å². The van der Waals surface area contributed by atoms with Crippen LogP contribution in [0.1, 0.15) is 32.7 Å². The summed E-state index contributed by atoms with van der Waals surface area (Å²) in [4.78, 5) is 39.2. The topological polar surface area (TPSA) is 110 Å². The van der Waals surface area contributed by atoms with Gasteiger partial charge in [-0.25, -0.2) is 8.42 Å². The summed E-state index contributed by atoms with van der Waals surface area (Å²) >= 11 is 0. The molecule has 1 aliphatic rings. The van der Waals surface area contributed by atoms with E-state index in [0.29, 0.717) is 4.90 Å². The van der Waals surface area contributed by atoms with Gasteiger partial charge >= 0.3 is 6.36 Å². The largest absolute Gasteiger partial charge is 0.573 e. The zero-order valence-electron chi connectivity index (χ0n) is 17.3. The fraction of sp³-hybridized carbons (Fsp3) is 0.286. The average Bonchev–Trinajstić information content (AvgIpc) is 2.97. The number of halogens is 3. The molecular weight excluding hydrogens is 465 g/mol. The Bertz CT molecular complexity index is 1160. The van der Waals surface area contributed by atoms with Gasteiger partial charge in [0.1, 0.15) is 21.6 Å². The monoisotopic (exact) mass is 484 g/mol. The summed E-state index contributed by atoms with van der Waals surface area (Å²) in [6.45, 7) is -0.413. The second-order valence-corrected chi connectivity index (χ2v) is 9.59. The number of ether oxygens (including phenoxy) is 1. The van der Waals surface area contributed by atoms with E-state index >= 15 is 0 Å². The summed E-state index contributed by atoms with van der Waals surface area (Å²) in [5, 5.41) is 2.38. The molecule has 1 unspecified atom stereocenters. The van der Waals surface area contributed by atoms with Crippen LogP contribution in [0.5, 0.6) is 5.75 Å². The lowest BCUT2D eigenvalue weighted by atomic mass is 10.1. The Kier molecular flexibility index (Phi) is 6.77. The summed E-state index contributed by atoms with van der Waals surface area (Å²) < 4.78 is 65.2. The first-order valence-electron chi connectivity index (χ1n) is 9.63. The van der Waals surface area contributed by atoms with E-state index in [9.17, 15) is 36.0 Å². The van der Waals surface area contributed by atoms with E-state index in [-0.39, 0.29) is 23.1 Å². The van der Waals surface area contributed by atoms with Crippen molar-refractivity contribution in [2.75, 3.05) is 12.0 Å². The lowest BCUT2D eigenvalue weighted by Crippen LogP contribution is -2.50. The van der Waals surface area contributed by atoms with Gasteiger partial charge in [0.05, 0.1) is 16.9 Å². The van der Waals surface area contributed by atoms with Crippen molar-refractivity contribution in [1.29, 1.82) is 0 Å². The van der Waals surface area contributed by atoms with Gasteiger partial charge in [-0.1, -0.05) is 30.3 Å². The molecule has 33 heavy (non-hydrogen) atoms. The number of nitrogens with one attached hydrogen (secondary N) is 1. The lowest BCUT2D eigenvalue weighted by Gasteiger charge is -2.25. The van der Waals surface area contributed by atoms with Gasteiger partial charge in [-0.05, 0) is 24.6 Å². The molecule has 0 radical (unpaired) electrons. The fourth-order valence-electron chi connectivity index (χ4n) is 3.37. The normalized spacial score (nSPS) is 14.7. The minimum Gasteiger partial charge on any atom is -0.405 e. The molecule has 3 amide bonds. The summed E-state index contributed by atoms with van der Waals surface area (Å²) in [5.41, 5.74) is 0.138. The highest BCUT2D eigenvalue weighted by molar-refractivity contribution is 7.90. The maximum absolute atomic E-state index is 12.9. The fourth-order valence-corrected chi connectivity index (χ4v) is 4.02. The minimum atomic E-state index is -4.95. The molecule has 1 N–H and O–H groups in total. The number of carbonyl (C=O) groups excluding carboxylic acids is 3. The number of nitrogens with zero attached hydrogens (tertiary/aromatic N) is 1. The van der Waals surface area contributed by atoms with E-state index in [1.807, 2.05) is 0 Å². The highest BCUT2D eigenvalue weighted by Gasteiger charge is 2.42. The van der Waals surface area contributed by atoms with Crippen LogP contribution < -0.4 is 10.1 Å². The second-order valence-electron chi connectivity index (χ2n) is 7.33. The molecule has 0 saturated carbocycles. The summed E-state index contributed by atoms with van der Waals surface area (Å²) in [7, 11) is -3.55. The van der Waals surface area contributed by atoms with Crippen LogP contribution in [0.3, 0.4) is 0 Å². The second kappa shape index (κ2) is 9.22. The van der Waals surface area contributed by atoms with Crippen molar-refractivity contribution in [1.82, 2.24) is 10.2 Å². The Morgan fingerprint density at radius 1 is 1.03 bits per heavy atom. The van der Waals surface area contributed by atoms with Gasteiger partial charge < -0.3 is 10.1 Å². The van der Waals surface area contributed by atoms with Gasteiger partial charge in [0.15, 0.2) is 0 Å². The Morgan fingerprint density at radius 2 is 1.58 bits per heavy atom. The van der Waals surface area contributed by atoms with Crippen molar-refractivity contribution >= 4 is 27.6 Å². The first-order chi connectivity index (χ1) is 15.4. The van der Waals surface area contributed by atoms with Crippen LogP contribution in [-0.2, 0) is 21.2 Å². The predicted molar refractivity (Wildman–Crippen MR) is 110 cm³/mol. The number of alkyl halides is 3. The highest BCUT2D eigenvalue weighted by Crippen LogP contribution is 2.28. The third-order valence-corrected chi connectivity index (χ3v) is 5.83. The van der Waals surface area contributed by atoms with Gasteiger partial charge in [0.25, 0.3) is 11.8 Å². The van der Waals surface area contributed by atoms with Crippen molar-refractivity contribution in [2.45, 2.75) is 25.4 Å². The maximum atomic E-state index is 12.9. The SMILES string of the molecule is CS(=O)(=O)CCC(C(=O)NCc1ccccc1OC(F)(F)F)N1C(=O)c2ccccc2C1=O. The number of benzene rings is 2. The number of rotatable bonds is 8. The van der Waals surface area contributed by atoms with E-state index in [1.165, 1.54) is 42.5 Å². The standard InChI is InChI=1S/C21H19F3N2O6S/c1-33(30,31)11-10-16(26-19(28)14-7-3-4-8-15(14)20(26)29)18(27)25-12-13-6-2-5-9-17(13)32-21(22,23)24/h2-9,16H,10-12H2,1H3,(H,25,27). The molecule has 2 aromatic carbocycles. The third-order valence-electron chi connectivity index (χ3n) is 4.85. The van der Waals surface area contributed by atoms with E-state index in [1.54, 1.807) is 0 Å². The molecule has 0 saturated heterocycles. The Balaban J connectivity index is 1.84. The van der Waals surface area contributed by atoms with Crippen LogP contribution in [0, 0.1) is 0 Å². The molecule has 0 fully saturated rings. The van der Waals surface area contributed by atoms with Crippen LogP contribution in [0.15, 0.2) is 48.5 Å². The number of carbonyl (C=O) groups is 3. The number of hydrogen-bond donors (Lipinski definition) is 1. The number of hydrogen-bond acceptors (Lipinski definition) is 6. The van der Waals surface area contributed by atoms with Crippen molar-refractivity contribution in [3.05, 3.63) is 65.2 Å². The molecule has 0 spiro atoms. The molecular formula is C21H19F3N2O6S. The summed E-state index contributed by atoms with van der Waals surface area (Å²) in [5.74, 6) is -3.43. The number of para-hydroxylation sites is 1. The van der Waals surface area contributed by atoms with Crippen molar-refractivity contribution in [2.24, 2.45) is 0 Å². The molecule has 1 aliphatic heterocycles. The number of sulfone groups is 1. The summed E-state index contributed by atoms with van der Waals surface area (Å²) in [6, 6.07) is 9.54. The number of amides is 3. The molecule has 8 nitrogen and oxygen atoms in total. The molecule has 176 valence electrons. The average molecular weight is 484 g/mol. The zero-order chi connectivity index (χ0) is 24.4. The highest BCUT2D eigenvalue weighted by atomic mass is 32.2. The van der Waals surface area contributed by atoms with E-state index in [2.05, 4.69) is 10.1 Å². The first-order valence-corrected chi connectivity index (χ1v) is 11.7. The van der Waals surface area contributed by atoms with Crippen LogP contribution in [-0.4, -0.2) is 55.5 Å². The molecule has 1 heterocycles. The zero-order valence-corrected chi connectivity index (χ0v) is 18.1. The Morgan fingerprint density at radius 3 is 2.12 bits per heavy atom. The van der Waals surface area contributed by atoms with Crippen molar-refractivity contribution in [3.63, 3.8) is 0 Å². The molecule has 12 heteroatoms. The molecule has 0 bridgehead atoms. The molecule has 3 rings (SSSR count). The van der Waals surface area contributed by atoms with E-state index < -0.39 is 58.0 Å². The molecule has 0 aromatic heterocycles. The van der Waals surface area contributed by atoms with Crippen molar-refractivity contribution < 1.29 is 40.7 Å². The van der Waals surface area contributed by atoms with E-state index in [4.69, 9.17) is 0 Å². The van der Waals surface area contributed by atoms with Gasteiger partial charge in [0.2, 0.25) is 5.91 Å². The van der Waals surface area contributed by atoms with E-state index in [0.717, 1.165) is 12.3 Å². The Hall–Kier alpha value is -3.41. The number of imide groups is 1. The third kappa shape index (κ3) is 5.89. The number of fused-ring (bicyclic) bond motifs is 1. The van der Waals surface area contributed by atoms with Crippen LogP contribution in [0.25, 0.3) is 0 Å². The quantitative estimate of drug-likeness (QED) is 0.576. The minimum absolute atomic E-state index is 0.00704. The summed E-state index contributed by atoms with van der Waals surface area (Å²) in [6.07, 6.45) is -4.38. The van der Waals surface area contributed by atoms with Gasteiger partial charge in [-0.15, -0.1) is 13.2 Å². The van der Waals surface area contributed by atoms with Gasteiger partial charge in [0, 0.05) is 18.4 Å². The van der Waals surface area contributed by atoms with Crippen molar-refractivity contribution in [3.8, 4) is 5.75 Å². The Labute approximate surface area is 187 Å². The molecule has 0 aliphatic carbocycles. The smallest absolute Gasteiger partial charge is 0.405 e. The predicted octanol–water partition coefficient (Wildman–Crippen LogP) is 2.30. The van der Waals surface area contributed by atoms with Crippen LogP contribution in [0.2, 0.25) is 0 Å². The van der Waals surface area contributed by atoms with Crippen LogP contribution >= 0.6 is 0 Å². The maximum Gasteiger partial charge on any atom is 0.573 e. The van der Waals surface area contributed by atoms with Crippen LogP contribution in [0.4, 0.5) is 13.2 Å². The van der Waals surface area contributed by atoms with Gasteiger partial charge in [-0.2, -0.15) is 0 Å². The first kappa shape index (κ1) is 24.2.